The van der Waals surface area contributed by atoms with Crippen molar-refractivity contribution in [3.8, 4) is 0 Å². The standard InChI is InChI=1S/C6H2BrClNS2/c7-3-1-5-6(2-4(3)8)10-11-9-5/h1-2H/q+1. The predicted molar refractivity (Wildman–Crippen MR) is 54.6 cm³/mol. The molecule has 0 atom stereocenters. The molecule has 11 heavy (non-hydrogen) atoms. The fourth-order valence-corrected chi connectivity index (χ4v) is 3.07. The van der Waals surface area contributed by atoms with Crippen LogP contribution in [0.25, 0.3) is 10.2 Å². The largest absolute Gasteiger partial charge is 0.323 e. The lowest BCUT2D eigenvalue weighted by molar-refractivity contribution is 1.64. The highest BCUT2D eigenvalue weighted by atomic mass is 79.9. The first-order valence-electron chi connectivity index (χ1n) is 2.81. The van der Waals surface area contributed by atoms with Crippen LogP contribution in [0.2, 0.25) is 5.02 Å². The Bertz CT molecular complexity index is 364. The van der Waals surface area contributed by atoms with Crippen LogP contribution in [0.1, 0.15) is 0 Å². The summed E-state index contributed by atoms with van der Waals surface area (Å²) in [6.45, 7) is 0. The van der Waals surface area contributed by atoms with E-state index in [0.717, 1.165) is 19.7 Å². The molecule has 0 bridgehead atoms. The second-order valence-corrected chi connectivity index (χ2v) is 5.13. The van der Waals surface area contributed by atoms with Gasteiger partial charge in [-0.2, -0.15) is 0 Å². The fraction of sp³-hybridized carbons (Fsp3) is 0. The Hall–Kier alpha value is 0.230. The van der Waals surface area contributed by atoms with Gasteiger partial charge in [0, 0.05) is 10.5 Å². The second kappa shape index (κ2) is 2.94. The molecule has 0 spiro atoms. The van der Waals surface area contributed by atoms with Crippen LogP contribution >= 0.6 is 48.4 Å². The minimum atomic E-state index is 0.744. The van der Waals surface area contributed by atoms with E-state index < -0.39 is 0 Å². The van der Waals surface area contributed by atoms with Gasteiger partial charge in [0.25, 0.3) is 15.2 Å². The van der Waals surface area contributed by atoms with E-state index in [4.69, 9.17) is 11.6 Å². The molecule has 2 aromatic rings. The van der Waals surface area contributed by atoms with Crippen molar-refractivity contribution in [1.29, 1.82) is 0 Å². The Labute approximate surface area is 84.3 Å². The average molecular weight is 268 g/mol. The number of halogens is 2. The molecule has 0 N–H and O–H groups in total. The SMILES string of the molecule is Clc1cc2[s+]snc2cc1Br. The highest BCUT2D eigenvalue weighted by molar-refractivity contribution is 9.10. The van der Waals surface area contributed by atoms with Gasteiger partial charge < -0.3 is 0 Å². The molecule has 0 saturated carbocycles. The Morgan fingerprint density at radius 1 is 1.55 bits per heavy atom. The molecule has 1 nitrogen and oxygen atoms in total. The summed E-state index contributed by atoms with van der Waals surface area (Å²) in [6.07, 6.45) is 0. The van der Waals surface area contributed by atoms with Crippen LogP contribution in [0.4, 0.5) is 0 Å². The maximum absolute atomic E-state index is 5.88. The van der Waals surface area contributed by atoms with Crippen LogP contribution in [0.15, 0.2) is 16.6 Å². The first-order valence-corrected chi connectivity index (χ1v) is 6.09. The number of fused-ring (bicyclic) bond motifs is 1. The van der Waals surface area contributed by atoms with E-state index in [1.54, 1.807) is 10.3 Å². The molecule has 0 aliphatic carbocycles. The van der Waals surface area contributed by atoms with Gasteiger partial charge in [0.05, 0.1) is 5.02 Å². The smallest absolute Gasteiger partial charge is 0.135 e. The average Bonchev–Trinajstić information content (AvgIpc) is 2.36. The third-order valence-corrected chi connectivity index (χ3v) is 4.30. The molecule has 0 radical (unpaired) electrons. The van der Waals surface area contributed by atoms with Crippen molar-refractivity contribution >= 4 is 58.6 Å². The van der Waals surface area contributed by atoms with E-state index >= 15 is 0 Å². The topological polar surface area (TPSA) is 12.9 Å². The van der Waals surface area contributed by atoms with Crippen molar-refractivity contribution in [2.45, 2.75) is 0 Å². The summed E-state index contributed by atoms with van der Waals surface area (Å²) in [5.41, 5.74) is 1.01. The lowest BCUT2D eigenvalue weighted by atomic mass is 10.3. The molecule has 2 rings (SSSR count). The maximum atomic E-state index is 5.88. The van der Waals surface area contributed by atoms with E-state index in [2.05, 4.69) is 20.3 Å². The van der Waals surface area contributed by atoms with Gasteiger partial charge in [-0.25, -0.2) is 0 Å². The van der Waals surface area contributed by atoms with Crippen molar-refractivity contribution in [2.75, 3.05) is 0 Å². The summed E-state index contributed by atoms with van der Waals surface area (Å²) in [7, 11) is 3.12. The van der Waals surface area contributed by atoms with Crippen LogP contribution < -0.4 is 0 Å². The molecule has 1 aromatic heterocycles. The van der Waals surface area contributed by atoms with Gasteiger partial charge in [0.2, 0.25) is 0 Å². The molecular formula is C6H2BrClNS2+. The number of benzene rings is 1. The zero-order valence-electron chi connectivity index (χ0n) is 5.17. The number of nitrogens with zero attached hydrogens (tertiary/aromatic N) is 1. The molecule has 0 amide bonds. The van der Waals surface area contributed by atoms with Gasteiger partial charge >= 0.3 is 10.3 Å². The molecule has 0 aliphatic heterocycles. The van der Waals surface area contributed by atoms with Gasteiger partial charge in [-0.1, -0.05) is 11.6 Å². The Morgan fingerprint density at radius 2 is 2.36 bits per heavy atom. The summed E-state index contributed by atoms with van der Waals surface area (Å²) >= 11 is 9.22. The van der Waals surface area contributed by atoms with Gasteiger partial charge in [-0.15, -0.1) is 4.37 Å². The molecule has 1 aromatic carbocycles. The lowest BCUT2D eigenvalue weighted by Gasteiger charge is -1.88. The molecule has 0 unspecified atom stereocenters. The summed E-state index contributed by atoms with van der Waals surface area (Å²) in [4.78, 5) is 0. The predicted octanol–water partition coefficient (Wildman–Crippen LogP) is 4.05. The quantitative estimate of drug-likeness (QED) is 0.518. The van der Waals surface area contributed by atoms with Crippen molar-refractivity contribution in [3.63, 3.8) is 0 Å². The van der Waals surface area contributed by atoms with Gasteiger partial charge in [-0.3, -0.25) is 0 Å². The summed E-state index contributed by atoms with van der Waals surface area (Å²) in [5.74, 6) is 0. The molecule has 1 heterocycles. The van der Waals surface area contributed by atoms with Gasteiger partial charge in [-0.05, 0) is 22.0 Å². The van der Waals surface area contributed by atoms with E-state index in [-0.39, 0.29) is 0 Å². The van der Waals surface area contributed by atoms with E-state index in [1.807, 2.05) is 12.1 Å². The zero-order chi connectivity index (χ0) is 7.84. The van der Waals surface area contributed by atoms with Crippen LogP contribution in [-0.4, -0.2) is 4.37 Å². The molecular weight excluding hydrogens is 266 g/mol. The zero-order valence-corrected chi connectivity index (χ0v) is 9.15. The van der Waals surface area contributed by atoms with Crippen LogP contribution in [0.3, 0.4) is 0 Å². The lowest BCUT2D eigenvalue weighted by Crippen LogP contribution is -1.69. The van der Waals surface area contributed by atoms with E-state index in [9.17, 15) is 0 Å². The number of aromatic nitrogens is 1. The Kier molecular flexibility index (Phi) is 2.10. The minimum absolute atomic E-state index is 0.744. The molecule has 0 aliphatic rings. The number of hydrogen-bond donors (Lipinski definition) is 0. The van der Waals surface area contributed by atoms with Crippen LogP contribution in [0.5, 0.6) is 0 Å². The normalized spacial score (nSPS) is 10.7. The highest BCUT2D eigenvalue weighted by Gasteiger charge is 2.11. The summed E-state index contributed by atoms with van der Waals surface area (Å²) in [6, 6.07) is 3.86. The number of hydrogen-bond acceptors (Lipinski definition) is 2. The second-order valence-electron chi connectivity index (χ2n) is 1.98. The Balaban J connectivity index is 2.86. The van der Waals surface area contributed by atoms with E-state index in [1.165, 1.54) is 10.5 Å². The summed E-state index contributed by atoms with van der Waals surface area (Å²) < 4.78 is 6.24. The first-order chi connectivity index (χ1) is 5.27. The highest BCUT2D eigenvalue weighted by Crippen LogP contribution is 2.30. The monoisotopic (exact) mass is 266 g/mol. The molecule has 5 heteroatoms. The van der Waals surface area contributed by atoms with Crippen molar-refractivity contribution < 1.29 is 0 Å². The Morgan fingerprint density at radius 3 is 3.18 bits per heavy atom. The number of rotatable bonds is 0. The third-order valence-electron chi connectivity index (χ3n) is 1.26. The minimum Gasteiger partial charge on any atom is -0.135 e. The first kappa shape index (κ1) is 7.86. The van der Waals surface area contributed by atoms with Crippen molar-refractivity contribution in [1.82, 2.24) is 4.37 Å². The van der Waals surface area contributed by atoms with Crippen molar-refractivity contribution in [3.05, 3.63) is 21.6 Å². The van der Waals surface area contributed by atoms with Gasteiger partial charge in [0.15, 0.2) is 0 Å². The molecule has 0 saturated heterocycles. The van der Waals surface area contributed by atoms with Gasteiger partial charge in [0.1, 0.15) is 5.52 Å². The summed E-state index contributed by atoms with van der Waals surface area (Å²) in [5, 5.41) is 0.744. The molecule has 0 fully saturated rings. The van der Waals surface area contributed by atoms with Crippen LogP contribution in [0, 0.1) is 0 Å². The van der Waals surface area contributed by atoms with Crippen molar-refractivity contribution in [2.24, 2.45) is 0 Å². The maximum Gasteiger partial charge on any atom is 0.323 e. The van der Waals surface area contributed by atoms with Crippen LogP contribution in [-0.2, 0) is 0 Å². The fourth-order valence-electron chi connectivity index (χ4n) is 0.755. The third kappa shape index (κ3) is 1.40. The van der Waals surface area contributed by atoms with E-state index in [0.29, 0.717) is 0 Å². The molecule has 56 valence electrons.